The van der Waals surface area contributed by atoms with Crippen molar-refractivity contribution in [3.8, 4) is 5.75 Å². The van der Waals surface area contributed by atoms with E-state index in [1.165, 1.54) is 16.4 Å². The number of carbonyl (C=O) groups excluding carboxylic acids is 1. The van der Waals surface area contributed by atoms with Gasteiger partial charge in [-0.1, -0.05) is 11.6 Å². The van der Waals surface area contributed by atoms with Crippen molar-refractivity contribution >= 4 is 27.6 Å². The normalized spacial score (nSPS) is 16.0. The second kappa shape index (κ2) is 8.15. The van der Waals surface area contributed by atoms with Crippen molar-refractivity contribution in [2.45, 2.75) is 18.7 Å². The highest BCUT2D eigenvalue weighted by atomic mass is 35.5. The van der Waals surface area contributed by atoms with Crippen LogP contribution in [0.15, 0.2) is 17.0 Å². The van der Waals surface area contributed by atoms with Crippen molar-refractivity contribution in [1.29, 1.82) is 0 Å². The standard InChI is InChI=1S/C15H20ClNO6S/c1-3-22-13-10-12(16)14(9-11(13)15(18)23-4-2)24(19,20)17-5-7-21-8-6-17/h9-10H,3-8H2,1-2H3. The van der Waals surface area contributed by atoms with Gasteiger partial charge in [-0.3, -0.25) is 0 Å². The van der Waals surface area contributed by atoms with Crippen LogP contribution in [0.4, 0.5) is 0 Å². The first-order valence-electron chi connectivity index (χ1n) is 7.63. The Balaban J connectivity index is 2.49. The van der Waals surface area contributed by atoms with Gasteiger partial charge in [0.2, 0.25) is 10.0 Å². The first-order valence-corrected chi connectivity index (χ1v) is 9.45. The second-order valence-electron chi connectivity index (χ2n) is 4.95. The summed E-state index contributed by atoms with van der Waals surface area (Å²) in [6, 6.07) is 2.56. The maximum Gasteiger partial charge on any atom is 0.341 e. The van der Waals surface area contributed by atoms with E-state index in [0.29, 0.717) is 19.8 Å². The highest BCUT2D eigenvalue weighted by Gasteiger charge is 2.30. The Hall–Kier alpha value is -1.35. The lowest BCUT2D eigenvalue weighted by molar-refractivity contribution is 0.0521. The van der Waals surface area contributed by atoms with E-state index in [9.17, 15) is 13.2 Å². The first kappa shape index (κ1) is 19.0. The molecule has 7 nitrogen and oxygen atoms in total. The van der Waals surface area contributed by atoms with Gasteiger partial charge < -0.3 is 14.2 Å². The monoisotopic (exact) mass is 377 g/mol. The van der Waals surface area contributed by atoms with E-state index in [1.54, 1.807) is 13.8 Å². The summed E-state index contributed by atoms with van der Waals surface area (Å²) >= 11 is 6.15. The minimum atomic E-state index is -3.84. The fraction of sp³-hybridized carbons (Fsp3) is 0.533. The molecule has 134 valence electrons. The van der Waals surface area contributed by atoms with E-state index in [1.807, 2.05) is 0 Å². The van der Waals surface area contributed by atoms with Crippen LogP contribution in [0, 0.1) is 0 Å². The third kappa shape index (κ3) is 4.00. The van der Waals surface area contributed by atoms with Crippen molar-refractivity contribution in [3.05, 3.63) is 22.7 Å². The summed E-state index contributed by atoms with van der Waals surface area (Å²) in [7, 11) is -3.84. The number of esters is 1. The van der Waals surface area contributed by atoms with Gasteiger partial charge in [0.1, 0.15) is 16.2 Å². The molecule has 0 saturated carbocycles. The molecule has 0 aromatic heterocycles. The summed E-state index contributed by atoms with van der Waals surface area (Å²) in [6.07, 6.45) is 0. The SMILES string of the molecule is CCOC(=O)c1cc(S(=O)(=O)N2CCOCC2)c(Cl)cc1OCC. The van der Waals surface area contributed by atoms with E-state index >= 15 is 0 Å². The van der Waals surface area contributed by atoms with Crippen LogP contribution >= 0.6 is 11.6 Å². The van der Waals surface area contributed by atoms with Crippen LogP contribution in [0.1, 0.15) is 24.2 Å². The van der Waals surface area contributed by atoms with Crippen molar-refractivity contribution in [3.63, 3.8) is 0 Å². The zero-order chi connectivity index (χ0) is 17.7. The van der Waals surface area contributed by atoms with Gasteiger partial charge in [0, 0.05) is 19.2 Å². The number of halogens is 1. The number of sulfonamides is 1. The van der Waals surface area contributed by atoms with Gasteiger partial charge in [-0.2, -0.15) is 4.31 Å². The van der Waals surface area contributed by atoms with Crippen LogP contribution in [-0.4, -0.2) is 58.2 Å². The predicted octanol–water partition coefficient (Wildman–Crippen LogP) is 1.94. The second-order valence-corrected chi connectivity index (χ2v) is 7.26. The van der Waals surface area contributed by atoms with Gasteiger partial charge in [-0.05, 0) is 19.9 Å². The van der Waals surface area contributed by atoms with Gasteiger partial charge in [0.15, 0.2) is 0 Å². The average Bonchev–Trinajstić information content (AvgIpc) is 2.56. The summed E-state index contributed by atoms with van der Waals surface area (Å²) in [5.41, 5.74) is 0.0370. The van der Waals surface area contributed by atoms with Crippen LogP contribution in [0.25, 0.3) is 0 Å². The van der Waals surface area contributed by atoms with E-state index in [0.717, 1.165) is 0 Å². The molecule has 0 aliphatic carbocycles. The summed E-state index contributed by atoms with van der Waals surface area (Å²) < 4.78 is 42.4. The molecular formula is C15H20ClNO6S. The Morgan fingerprint density at radius 2 is 1.92 bits per heavy atom. The van der Waals surface area contributed by atoms with Gasteiger partial charge in [-0.15, -0.1) is 0 Å². The van der Waals surface area contributed by atoms with Gasteiger partial charge >= 0.3 is 5.97 Å². The van der Waals surface area contributed by atoms with E-state index in [-0.39, 0.29) is 40.9 Å². The lowest BCUT2D eigenvalue weighted by Gasteiger charge is -2.26. The van der Waals surface area contributed by atoms with E-state index in [4.69, 9.17) is 25.8 Å². The van der Waals surface area contributed by atoms with Crippen LogP contribution < -0.4 is 4.74 Å². The molecule has 0 unspecified atom stereocenters. The largest absolute Gasteiger partial charge is 0.493 e. The predicted molar refractivity (Wildman–Crippen MR) is 88.2 cm³/mol. The van der Waals surface area contributed by atoms with Crippen molar-refractivity contribution in [2.75, 3.05) is 39.5 Å². The lowest BCUT2D eigenvalue weighted by Crippen LogP contribution is -2.40. The van der Waals surface area contributed by atoms with Crippen LogP contribution in [0.3, 0.4) is 0 Å². The molecule has 1 saturated heterocycles. The van der Waals surface area contributed by atoms with Crippen molar-refractivity contribution in [1.82, 2.24) is 4.31 Å². The Bertz CT molecular complexity index is 700. The zero-order valence-electron chi connectivity index (χ0n) is 13.6. The average molecular weight is 378 g/mol. The Kier molecular flexibility index (Phi) is 6.45. The molecule has 1 aromatic rings. The number of morpholine rings is 1. The molecule has 0 radical (unpaired) electrons. The molecule has 0 atom stereocenters. The van der Waals surface area contributed by atoms with Crippen molar-refractivity contribution in [2.24, 2.45) is 0 Å². The smallest absolute Gasteiger partial charge is 0.341 e. The molecule has 1 fully saturated rings. The molecule has 2 rings (SSSR count). The van der Waals surface area contributed by atoms with Gasteiger partial charge in [0.05, 0.1) is 31.5 Å². The van der Waals surface area contributed by atoms with Crippen LogP contribution in [0.5, 0.6) is 5.75 Å². The quantitative estimate of drug-likeness (QED) is 0.704. The van der Waals surface area contributed by atoms with Gasteiger partial charge in [-0.25, -0.2) is 13.2 Å². The molecule has 9 heteroatoms. The minimum absolute atomic E-state index is 0.00186. The number of carbonyl (C=O) groups is 1. The number of rotatable bonds is 6. The van der Waals surface area contributed by atoms with E-state index < -0.39 is 16.0 Å². The summed E-state index contributed by atoms with van der Waals surface area (Å²) in [5.74, 6) is -0.460. The maximum atomic E-state index is 12.8. The van der Waals surface area contributed by atoms with Crippen LogP contribution in [-0.2, 0) is 19.5 Å². The van der Waals surface area contributed by atoms with Gasteiger partial charge in [0.25, 0.3) is 0 Å². The highest BCUT2D eigenvalue weighted by Crippen LogP contribution is 2.33. The first-order chi connectivity index (χ1) is 11.4. The molecule has 0 amide bonds. The molecule has 0 N–H and O–H groups in total. The van der Waals surface area contributed by atoms with E-state index in [2.05, 4.69) is 0 Å². The molecular weight excluding hydrogens is 358 g/mol. The molecule has 24 heavy (non-hydrogen) atoms. The fourth-order valence-electron chi connectivity index (χ4n) is 2.30. The number of ether oxygens (including phenoxy) is 3. The van der Waals surface area contributed by atoms with Crippen LogP contribution in [0.2, 0.25) is 5.02 Å². The third-order valence-corrected chi connectivity index (χ3v) is 5.78. The summed E-state index contributed by atoms with van der Waals surface area (Å²) in [4.78, 5) is 12.0. The Labute approximate surface area is 146 Å². The number of hydrogen-bond acceptors (Lipinski definition) is 6. The fourth-order valence-corrected chi connectivity index (χ4v) is 4.23. The zero-order valence-corrected chi connectivity index (χ0v) is 15.2. The number of nitrogens with zero attached hydrogens (tertiary/aromatic N) is 1. The third-order valence-electron chi connectivity index (χ3n) is 3.42. The highest BCUT2D eigenvalue weighted by molar-refractivity contribution is 7.89. The summed E-state index contributed by atoms with van der Waals surface area (Å²) in [6.45, 7) is 5.00. The Morgan fingerprint density at radius 3 is 2.50 bits per heavy atom. The topological polar surface area (TPSA) is 82.1 Å². The Morgan fingerprint density at radius 1 is 1.25 bits per heavy atom. The molecule has 0 spiro atoms. The number of benzene rings is 1. The lowest BCUT2D eigenvalue weighted by atomic mass is 10.2. The maximum absolute atomic E-state index is 12.8. The summed E-state index contributed by atoms with van der Waals surface area (Å²) in [5, 5.41) is -0.00186. The number of hydrogen-bond donors (Lipinski definition) is 0. The molecule has 1 aliphatic heterocycles. The van der Waals surface area contributed by atoms with Crippen molar-refractivity contribution < 1.29 is 27.4 Å². The molecule has 1 aromatic carbocycles. The minimum Gasteiger partial charge on any atom is -0.493 e. The molecule has 1 aliphatic rings. The molecule has 0 bridgehead atoms. The molecule has 1 heterocycles.